The molecule has 1 N–H and O–H groups in total. The number of allylic oxidation sites excluding steroid dienone is 2. The van der Waals surface area contributed by atoms with Gasteiger partial charge in [0.1, 0.15) is 0 Å². The quantitative estimate of drug-likeness (QED) is 0.868. The van der Waals surface area contributed by atoms with Crippen LogP contribution in [0.1, 0.15) is 5.56 Å². The minimum absolute atomic E-state index is 0.118. The highest BCUT2D eigenvalue weighted by Crippen LogP contribution is 2.30. The van der Waals surface area contributed by atoms with Gasteiger partial charge in [0.25, 0.3) is 9.84 Å². The maximum absolute atomic E-state index is 12.3. The van der Waals surface area contributed by atoms with Crippen molar-refractivity contribution >= 4 is 15.9 Å². The molecule has 3 nitrogen and oxygen atoms in total. The number of halogens is 3. The predicted octanol–water partition coefficient (Wildman–Crippen LogP) is 2.54. The molecule has 1 rings (SSSR count). The topological polar surface area (TPSA) is 54.4 Å². The summed E-state index contributed by atoms with van der Waals surface area (Å²) in [5.41, 5.74) is -4.75. The zero-order chi connectivity index (χ0) is 14.5. The average Bonchev–Trinajstić information content (AvgIpc) is 2.34. The molecule has 0 aliphatic carbocycles. The molecular formula is C12H11F3O3S. The second kappa shape index (κ2) is 6.03. The van der Waals surface area contributed by atoms with Crippen molar-refractivity contribution in [2.45, 2.75) is 10.4 Å². The summed E-state index contributed by atoms with van der Waals surface area (Å²) in [6.07, 6.45) is 6.17. The first-order chi connectivity index (χ1) is 8.79. The molecule has 0 unspecified atom stereocenters. The first-order valence-corrected chi connectivity index (χ1v) is 6.63. The summed E-state index contributed by atoms with van der Waals surface area (Å²) in [7, 11) is -5.29. The Morgan fingerprint density at radius 1 is 1.11 bits per heavy atom. The zero-order valence-electron chi connectivity index (χ0n) is 9.63. The van der Waals surface area contributed by atoms with Gasteiger partial charge in [-0.25, -0.2) is 8.42 Å². The van der Waals surface area contributed by atoms with Crippen LogP contribution in [0, 0.1) is 0 Å². The molecule has 1 aromatic rings. The Balaban J connectivity index is 2.95. The molecule has 0 heterocycles. The molecule has 0 radical (unpaired) electrons. The maximum atomic E-state index is 12.3. The molecule has 0 fully saturated rings. The first-order valence-electron chi connectivity index (χ1n) is 5.14. The Morgan fingerprint density at radius 3 is 2.16 bits per heavy atom. The molecule has 0 atom stereocenters. The molecule has 0 saturated carbocycles. The van der Waals surface area contributed by atoms with Crippen LogP contribution in [0.3, 0.4) is 0 Å². The molecule has 0 amide bonds. The summed E-state index contributed by atoms with van der Waals surface area (Å²) >= 11 is 0. The van der Waals surface area contributed by atoms with E-state index in [1.54, 1.807) is 18.2 Å². The van der Waals surface area contributed by atoms with Crippen molar-refractivity contribution < 1.29 is 26.7 Å². The smallest absolute Gasteiger partial charge is 0.392 e. The Hall–Kier alpha value is -1.60. The lowest BCUT2D eigenvalue weighted by atomic mass is 10.2. The Bertz CT molecular complexity index is 569. The number of benzene rings is 1. The van der Waals surface area contributed by atoms with E-state index in [0.29, 0.717) is 5.56 Å². The first kappa shape index (κ1) is 15.5. The average molecular weight is 292 g/mol. The van der Waals surface area contributed by atoms with Crippen molar-refractivity contribution in [3.8, 4) is 0 Å². The molecule has 0 spiro atoms. The molecular weight excluding hydrogens is 281 g/mol. The van der Waals surface area contributed by atoms with E-state index >= 15 is 0 Å². The second-order valence-electron chi connectivity index (χ2n) is 3.49. The van der Waals surface area contributed by atoms with Crippen LogP contribution in [-0.4, -0.2) is 25.6 Å². The Labute approximate surface area is 108 Å². The van der Waals surface area contributed by atoms with E-state index in [9.17, 15) is 21.6 Å². The van der Waals surface area contributed by atoms with E-state index in [1.165, 1.54) is 18.2 Å². The molecule has 0 aliphatic heterocycles. The fourth-order valence-corrected chi connectivity index (χ4v) is 1.96. The number of hydrogen-bond donors (Lipinski definition) is 1. The van der Waals surface area contributed by atoms with Crippen LogP contribution in [0.2, 0.25) is 0 Å². The third-order valence-electron chi connectivity index (χ3n) is 2.14. The van der Waals surface area contributed by atoms with Gasteiger partial charge in [0.15, 0.2) is 0 Å². The lowest BCUT2D eigenvalue weighted by Crippen LogP contribution is -2.23. The summed E-state index contributed by atoms with van der Waals surface area (Å²) in [4.78, 5) is -0.789. The van der Waals surface area contributed by atoms with Gasteiger partial charge in [0.2, 0.25) is 0 Å². The number of sulfone groups is 1. The minimum Gasteiger partial charge on any atom is -0.392 e. The monoisotopic (exact) mass is 292 g/mol. The number of hydrogen-bond acceptors (Lipinski definition) is 3. The van der Waals surface area contributed by atoms with Crippen LogP contribution in [-0.2, 0) is 9.84 Å². The Morgan fingerprint density at radius 2 is 1.68 bits per heavy atom. The largest absolute Gasteiger partial charge is 0.501 e. The Kier molecular flexibility index (Phi) is 4.90. The van der Waals surface area contributed by atoms with E-state index in [4.69, 9.17) is 5.11 Å². The van der Waals surface area contributed by atoms with E-state index in [1.807, 2.05) is 0 Å². The van der Waals surface area contributed by atoms with Gasteiger partial charge >= 0.3 is 5.51 Å². The molecule has 0 saturated heterocycles. The fraction of sp³-hybridized carbons (Fsp3) is 0.167. The fourth-order valence-electron chi connectivity index (χ4n) is 1.20. The van der Waals surface area contributed by atoms with Gasteiger partial charge in [-0.15, -0.1) is 0 Å². The SMILES string of the molecule is O=S(=O)(c1ccc(/C=C/C=C/CO)cc1)C(F)(F)F. The van der Waals surface area contributed by atoms with Gasteiger partial charge in [0.05, 0.1) is 11.5 Å². The molecule has 1 aromatic carbocycles. The highest BCUT2D eigenvalue weighted by Gasteiger charge is 2.46. The van der Waals surface area contributed by atoms with E-state index in [2.05, 4.69) is 0 Å². The van der Waals surface area contributed by atoms with Crippen molar-refractivity contribution in [1.82, 2.24) is 0 Å². The van der Waals surface area contributed by atoms with Gasteiger partial charge < -0.3 is 5.11 Å². The highest BCUT2D eigenvalue weighted by molar-refractivity contribution is 7.92. The molecule has 7 heteroatoms. The standard InChI is InChI=1S/C12H11F3O3S/c13-12(14,15)19(17,18)11-7-5-10(6-8-11)4-2-1-3-9-16/h1-8,16H,9H2/b3-1+,4-2+. The van der Waals surface area contributed by atoms with Crippen LogP contribution in [0.25, 0.3) is 6.08 Å². The summed E-state index contributed by atoms with van der Waals surface area (Å²) in [6, 6.07) is 4.33. The number of aliphatic hydroxyl groups is 1. The normalized spacial score (nSPS) is 13.5. The molecule has 0 aromatic heterocycles. The van der Waals surface area contributed by atoms with Crippen LogP contribution in [0.15, 0.2) is 47.4 Å². The highest BCUT2D eigenvalue weighted by atomic mass is 32.2. The zero-order valence-corrected chi connectivity index (χ0v) is 10.4. The van der Waals surface area contributed by atoms with Crippen LogP contribution < -0.4 is 0 Å². The summed E-state index contributed by atoms with van der Waals surface area (Å²) in [5.74, 6) is 0. The van der Waals surface area contributed by atoms with Gasteiger partial charge in [-0.2, -0.15) is 13.2 Å². The maximum Gasteiger partial charge on any atom is 0.501 e. The third kappa shape index (κ3) is 3.93. The van der Waals surface area contributed by atoms with Crippen LogP contribution >= 0.6 is 0 Å². The van der Waals surface area contributed by atoms with E-state index in [-0.39, 0.29) is 6.61 Å². The molecule has 19 heavy (non-hydrogen) atoms. The summed E-state index contributed by atoms with van der Waals surface area (Å²) in [5, 5.41) is 8.47. The summed E-state index contributed by atoms with van der Waals surface area (Å²) < 4.78 is 59.0. The van der Waals surface area contributed by atoms with Crippen LogP contribution in [0.4, 0.5) is 13.2 Å². The number of rotatable bonds is 4. The van der Waals surface area contributed by atoms with Gasteiger partial charge in [0, 0.05) is 0 Å². The molecule has 104 valence electrons. The summed E-state index contributed by atoms with van der Waals surface area (Å²) in [6.45, 7) is -0.118. The van der Waals surface area contributed by atoms with E-state index in [0.717, 1.165) is 12.1 Å². The minimum atomic E-state index is -5.30. The van der Waals surface area contributed by atoms with Crippen molar-refractivity contribution in [2.24, 2.45) is 0 Å². The van der Waals surface area contributed by atoms with Crippen molar-refractivity contribution in [3.05, 3.63) is 48.1 Å². The third-order valence-corrected chi connectivity index (χ3v) is 3.64. The molecule has 0 aliphatic rings. The van der Waals surface area contributed by atoms with Gasteiger partial charge in [-0.1, -0.05) is 36.4 Å². The van der Waals surface area contributed by atoms with Gasteiger partial charge in [-0.3, -0.25) is 0 Å². The van der Waals surface area contributed by atoms with Crippen molar-refractivity contribution in [1.29, 1.82) is 0 Å². The lowest BCUT2D eigenvalue weighted by Gasteiger charge is -2.07. The number of alkyl halides is 3. The second-order valence-corrected chi connectivity index (χ2v) is 5.43. The van der Waals surface area contributed by atoms with Crippen molar-refractivity contribution in [2.75, 3.05) is 6.61 Å². The predicted molar refractivity (Wildman–Crippen MR) is 64.9 cm³/mol. The number of aliphatic hydroxyl groups excluding tert-OH is 1. The van der Waals surface area contributed by atoms with E-state index < -0.39 is 20.2 Å². The van der Waals surface area contributed by atoms with Crippen LogP contribution in [0.5, 0.6) is 0 Å². The molecule has 0 bridgehead atoms. The van der Waals surface area contributed by atoms with Crippen molar-refractivity contribution in [3.63, 3.8) is 0 Å². The van der Waals surface area contributed by atoms with Gasteiger partial charge in [-0.05, 0) is 17.7 Å². The lowest BCUT2D eigenvalue weighted by molar-refractivity contribution is -0.0436.